The normalized spacial score (nSPS) is 15.6. The van der Waals surface area contributed by atoms with Crippen molar-refractivity contribution < 1.29 is 18.8 Å². The van der Waals surface area contributed by atoms with Gasteiger partial charge in [-0.2, -0.15) is 0 Å². The smallest absolute Gasteiger partial charge is 0.293 e. The van der Waals surface area contributed by atoms with Gasteiger partial charge in [0.25, 0.3) is 11.1 Å². The summed E-state index contributed by atoms with van der Waals surface area (Å²) in [4.78, 5) is 38.2. The lowest BCUT2D eigenvalue weighted by Crippen LogP contribution is -2.36. The van der Waals surface area contributed by atoms with Crippen LogP contribution >= 0.6 is 11.8 Å². The van der Waals surface area contributed by atoms with Crippen LogP contribution in [0.5, 0.6) is 0 Å². The quantitative estimate of drug-likeness (QED) is 0.604. The van der Waals surface area contributed by atoms with Gasteiger partial charge in [-0.3, -0.25) is 19.3 Å². The molecule has 3 amide bonds. The molecule has 1 aromatic heterocycles. The summed E-state index contributed by atoms with van der Waals surface area (Å²) in [5, 5.41) is 3.30. The van der Waals surface area contributed by atoms with E-state index in [0.29, 0.717) is 10.7 Å². The molecule has 2 aromatic carbocycles. The first-order valence-corrected chi connectivity index (χ1v) is 10.2. The zero-order chi connectivity index (χ0) is 20.9. The van der Waals surface area contributed by atoms with Gasteiger partial charge in [0, 0.05) is 24.6 Å². The number of rotatable bonds is 6. The largest absolute Gasteiger partial charge is 0.457 e. The van der Waals surface area contributed by atoms with Crippen molar-refractivity contribution in [1.29, 1.82) is 0 Å². The maximum atomic E-state index is 12.5. The number of nitrogens with one attached hydrogen (secondary N) is 1. The van der Waals surface area contributed by atoms with Gasteiger partial charge < -0.3 is 9.73 Å². The Labute approximate surface area is 177 Å². The van der Waals surface area contributed by atoms with E-state index in [0.717, 1.165) is 33.2 Å². The number of fused-ring (bicyclic) bond motifs is 1. The molecule has 30 heavy (non-hydrogen) atoms. The molecule has 1 aliphatic rings. The number of para-hydroxylation sites is 1. The van der Waals surface area contributed by atoms with Gasteiger partial charge in [0.15, 0.2) is 0 Å². The molecule has 2 heterocycles. The number of imide groups is 1. The summed E-state index contributed by atoms with van der Waals surface area (Å²) in [6.07, 6.45) is 4.64. The van der Waals surface area contributed by atoms with E-state index < -0.39 is 0 Å². The van der Waals surface area contributed by atoms with Gasteiger partial charge in [-0.15, -0.1) is 0 Å². The van der Waals surface area contributed by atoms with Crippen molar-refractivity contribution in [1.82, 2.24) is 10.2 Å². The first-order chi connectivity index (χ1) is 14.6. The lowest BCUT2D eigenvalue weighted by atomic mass is 10.2. The minimum absolute atomic E-state index is 0.112. The number of nitrogens with zero attached hydrogens (tertiary/aromatic N) is 1. The van der Waals surface area contributed by atoms with Crippen molar-refractivity contribution in [2.45, 2.75) is 0 Å². The topological polar surface area (TPSA) is 79.6 Å². The lowest BCUT2D eigenvalue weighted by Gasteiger charge is -2.12. The third-order valence-electron chi connectivity index (χ3n) is 4.45. The van der Waals surface area contributed by atoms with E-state index in [9.17, 15) is 14.4 Å². The summed E-state index contributed by atoms with van der Waals surface area (Å²) < 4.78 is 5.62. The molecule has 0 spiro atoms. The predicted octanol–water partition coefficient (Wildman–Crippen LogP) is 4.30. The number of carbonyl (C=O) groups excluding carboxylic acids is 3. The lowest BCUT2D eigenvalue weighted by molar-refractivity contribution is -0.123. The number of carbonyl (C=O) groups is 3. The van der Waals surface area contributed by atoms with E-state index in [1.165, 1.54) is 6.08 Å². The van der Waals surface area contributed by atoms with Gasteiger partial charge in [-0.1, -0.05) is 48.5 Å². The molecule has 0 atom stereocenters. The highest BCUT2D eigenvalue weighted by molar-refractivity contribution is 8.18. The molecule has 0 saturated carbocycles. The fraction of sp³-hybridized carbons (Fsp3) is 0.0870. The molecule has 3 aromatic rings. The summed E-state index contributed by atoms with van der Waals surface area (Å²) in [5.74, 6) is -0.105. The fourth-order valence-corrected chi connectivity index (χ4v) is 3.85. The molecule has 0 unspecified atom stereocenters. The highest BCUT2D eigenvalue weighted by atomic mass is 32.2. The summed E-state index contributed by atoms with van der Waals surface area (Å²) in [6, 6.07) is 18.8. The van der Waals surface area contributed by atoms with E-state index in [-0.39, 0.29) is 30.1 Å². The van der Waals surface area contributed by atoms with Crippen molar-refractivity contribution in [2.75, 3.05) is 13.1 Å². The van der Waals surface area contributed by atoms with Crippen molar-refractivity contribution in [3.05, 3.63) is 83.0 Å². The van der Waals surface area contributed by atoms with Crippen molar-refractivity contribution in [2.24, 2.45) is 0 Å². The van der Waals surface area contributed by atoms with Gasteiger partial charge in [0.2, 0.25) is 5.91 Å². The predicted molar refractivity (Wildman–Crippen MR) is 117 cm³/mol. The van der Waals surface area contributed by atoms with Gasteiger partial charge in [0.05, 0.1) is 4.91 Å². The van der Waals surface area contributed by atoms with Crippen LogP contribution in [0.25, 0.3) is 23.1 Å². The fourth-order valence-electron chi connectivity index (χ4n) is 2.99. The Morgan fingerprint density at radius 2 is 1.83 bits per heavy atom. The van der Waals surface area contributed by atoms with Crippen LogP contribution < -0.4 is 5.32 Å². The van der Waals surface area contributed by atoms with Gasteiger partial charge in [-0.05, 0) is 41.6 Å². The SMILES string of the molecule is O=C(/C=C/c1cc2ccccc2o1)NCCN1C(=O)S/C(=C\c2ccccc2)C1=O. The molecule has 4 rings (SSSR count). The zero-order valence-electron chi connectivity index (χ0n) is 15.9. The number of benzene rings is 2. The summed E-state index contributed by atoms with van der Waals surface area (Å²) >= 11 is 0.904. The molecular formula is C23H18N2O4S. The Balaban J connectivity index is 1.30. The number of hydrogen-bond acceptors (Lipinski definition) is 5. The monoisotopic (exact) mass is 418 g/mol. The Bertz CT molecular complexity index is 1130. The van der Waals surface area contributed by atoms with E-state index >= 15 is 0 Å². The molecule has 6 nitrogen and oxygen atoms in total. The number of furan rings is 1. The third-order valence-corrected chi connectivity index (χ3v) is 5.36. The Morgan fingerprint density at radius 1 is 1.07 bits per heavy atom. The molecule has 1 saturated heterocycles. The first kappa shape index (κ1) is 19.7. The standard InChI is InChI=1S/C23H18N2O4S/c26-21(11-10-18-15-17-8-4-5-9-19(17)29-18)24-12-13-25-22(27)20(30-23(25)28)14-16-6-2-1-3-7-16/h1-11,14-15H,12-13H2,(H,24,26)/b11-10+,20-14-. The number of thioether (sulfide) groups is 1. The van der Waals surface area contributed by atoms with Crippen molar-refractivity contribution in [3.63, 3.8) is 0 Å². The highest BCUT2D eigenvalue weighted by Crippen LogP contribution is 2.31. The van der Waals surface area contributed by atoms with Crippen LogP contribution in [-0.4, -0.2) is 35.0 Å². The van der Waals surface area contributed by atoms with Crippen LogP contribution in [0, 0.1) is 0 Å². The van der Waals surface area contributed by atoms with Gasteiger partial charge in [-0.25, -0.2) is 0 Å². The van der Waals surface area contributed by atoms with E-state index in [2.05, 4.69) is 5.32 Å². The molecule has 1 N–H and O–H groups in total. The summed E-state index contributed by atoms with van der Waals surface area (Å²) in [7, 11) is 0. The van der Waals surface area contributed by atoms with Crippen LogP contribution in [0.3, 0.4) is 0 Å². The third kappa shape index (κ3) is 4.52. The first-order valence-electron chi connectivity index (χ1n) is 9.35. The molecule has 0 radical (unpaired) electrons. The van der Waals surface area contributed by atoms with Crippen LogP contribution in [0.2, 0.25) is 0 Å². The molecule has 0 bridgehead atoms. The zero-order valence-corrected chi connectivity index (χ0v) is 16.7. The van der Waals surface area contributed by atoms with Gasteiger partial charge >= 0.3 is 0 Å². The van der Waals surface area contributed by atoms with Crippen LogP contribution in [0.1, 0.15) is 11.3 Å². The average Bonchev–Trinajstić information content (AvgIpc) is 3.28. The summed E-state index contributed by atoms with van der Waals surface area (Å²) in [5.41, 5.74) is 1.60. The van der Waals surface area contributed by atoms with Crippen LogP contribution in [-0.2, 0) is 9.59 Å². The Morgan fingerprint density at radius 3 is 2.63 bits per heavy atom. The van der Waals surface area contributed by atoms with E-state index in [1.807, 2.05) is 60.7 Å². The maximum Gasteiger partial charge on any atom is 0.293 e. The minimum Gasteiger partial charge on any atom is -0.457 e. The molecule has 7 heteroatoms. The van der Waals surface area contributed by atoms with Crippen LogP contribution in [0.4, 0.5) is 4.79 Å². The van der Waals surface area contributed by atoms with Crippen molar-refractivity contribution >= 4 is 51.9 Å². The highest BCUT2D eigenvalue weighted by Gasteiger charge is 2.34. The second kappa shape index (κ2) is 8.84. The molecule has 0 aliphatic carbocycles. The second-order valence-electron chi connectivity index (χ2n) is 6.55. The number of amides is 3. The van der Waals surface area contributed by atoms with Crippen molar-refractivity contribution in [3.8, 4) is 0 Å². The van der Waals surface area contributed by atoms with Crippen LogP contribution in [0.15, 0.2) is 76.1 Å². The van der Waals surface area contributed by atoms with Gasteiger partial charge in [0.1, 0.15) is 11.3 Å². The second-order valence-corrected chi connectivity index (χ2v) is 7.55. The molecule has 1 fully saturated rings. The Hall–Kier alpha value is -3.58. The maximum absolute atomic E-state index is 12.5. The minimum atomic E-state index is -0.346. The average molecular weight is 418 g/mol. The Kier molecular flexibility index (Phi) is 5.81. The molecule has 1 aliphatic heterocycles. The van der Waals surface area contributed by atoms with E-state index in [1.54, 1.807) is 12.2 Å². The molecule has 150 valence electrons. The number of hydrogen-bond donors (Lipinski definition) is 1. The van der Waals surface area contributed by atoms with E-state index in [4.69, 9.17) is 4.42 Å². The summed E-state index contributed by atoms with van der Waals surface area (Å²) in [6.45, 7) is 0.279. The molecular weight excluding hydrogens is 400 g/mol.